The zero-order valence-corrected chi connectivity index (χ0v) is 14.6. The fraction of sp³-hybridized carbons (Fsp3) is 0.294. The van der Waals surface area contributed by atoms with Gasteiger partial charge in [0.05, 0.1) is 22.8 Å². The number of carbonyl (C=O) groups excluding carboxylic acids is 2. The molecule has 0 fully saturated rings. The van der Waals surface area contributed by atoms with Crippen LogP contribution in [0.1, 0.15) is 35.3 Å². The van der Waals surface area contributed by atoms with Crippen LogP contribution in [0.15, 0.2) is 30.3 Å². The van der Waals surface area contributed by atoms with E-state index in [4.69, 9.17) is 0 Å². The number of benzene rings is 1. The van der Waals surface area contributed by atoms with E-state index in [2.05, 4.69) is 16.0 Å². The summed E-state index contributed by atoms with van der Waals surface area (Å²) in [6.45, 7) is 5.71. The van der Waals surface area contributed by atoms with E-state index in [1.54, 1.807) is 12.1 Å². The molecule has 2 rings (SSSR count). The lowest BCUT2D eigenvalue weighted by molar-refractivity contribution is -0.119. The molecule has 2 aromatic rings. The number of hydrogen-bond donors (Lipinski definition) is 3. The number of anilines is 2. The lowest BCUT2D eigenvalue weighted by Crippen LogP contribution is -2.18. The van der Waals surface area contributed by atoms with Crippen LogP contribution in [0.25, 0.3) is 0 Å². The van der Waals surface area contributed by atoms with E-state index >= 15 is 0 Å². The van der Waals surface area contributed by atoms with Gasteiger partial charge in [-0.25, -0.2) is 4.39 Å². The monoisotopic (exact) mass is 349 g/mol. The van der Waals surface area contributed by atoms with E-state index in [1.807, 2.05) is 13.8 Å². The standard InChI is InChI=1S/C17H20FN3O2S/c1-10(2)20-15-8-12(18)4-6-14(15)21-17(23)16-7-5-13(24-16)9-19-11(3)22/h4-8,10,20H,9H2,1-3H3,(H,19,22)(H,21,23). The topological polar surface area (TPSA) is 70.2 Å². The van der Waals surface area contributed by atoms with Crippen molar-refractivity contribution in [3.8, 4) is 0 Å². The van der Waals surface area contributed by atoms with Crippen molar-refractivity contribution in [3.63, 3.8) is 0 Å². The van der Waals surface area contributed by atoms with Crippen molar-refractivity contribution >= 4 is 34.5 Å². The van der Waals surface area contributed by atoms with Gasteiger partial charge in [0, 0.05) is 17.8 Å². The Balaban J connectivity index is 2.10. The van der Waals surface area contributed by atoms with Gasteiger partial charge in [0.15, 0.2) is 0 Å². The van der Waals surface area contributed by atoms with Crippen LogP contribution in [0.5, 0.6) is 0 Å². The number of nitrogens with one attached hydrogen (secondary N) is 3. The van der Waals surface area contributed by atoms with E-state index < -0.39 is 0 Å². The van der Waals surface area contributed by atoms with Gasteiger partial charge in [-0.2, -0.15) is 0 Å². The maximum absolute atomic E-state index is 13.4. The molecule has 3 N–H and O–H groups in total. The molecule has 128 valence electrons. The Morgan fingerprint density at radius 3 is 2.58 bits per heavy atom. The molecule has 7 heteroatoms. The lowest BCUT2D eigenvalue weighted by Gasteiger charge is -2.15. The smallest absolute Gasteiger partial charge is 0.265 e. The Kier molecular flexibility index (Phi) is 5.92. The number of rotatable bonds is 6. The van der Waals surface area contributed by atoms with Gasteiger partial charge in [-0.15, -0.1) is 11.3 Å². The molecule has 0 radical (unpaired) electrons. The number of amides is 2. The van der Waals surface area contributed by atoms with Crippen molar-refractivity contribution < 1.29 is 14.0 Å². The molecule has 0 unspecified atom stereocenters. The van der Waals surface area contributed by atoms with Gasteiger partial charge in [-0.05, 0) is 44.2 Å². The summed E-state index contributed by atoms with van der Waals surface area (Å²) < 4.78 is 13.4. The zero-order valence-electron chi connectivity index (χ0n) is 13.8. The summed E-state index contributed by atoms with van der Waals surface area (Å²) in [5.74, 6) is -0.762. The van der Waals surface area contributed by atoms with Gasteiger partial charge >= 0.3 is 0 Å². The van der Waals surface area contributed by atoms with Crippen molar-refractivity contribution in [1.29, 1.82) is 0 Å². The highest BCUT2D eigenvalue weighted by atomic mass is 32.1. The van der Waals surface area contributed by atoms with Crippen molar-refractivity contribution in [2.24, 2.45) is 0 Å². The maximum Gasteiger partial charge on any atom is 0.265 e. The summed E-state index contributed by atoms with van der Waals surface area (Å²) >= 11 is 1.30. The molecule has 1 aromatic heterocycles. The van der Waals surface area contributed by atoms with E-state index in [0.717, 1.165) is 4.88 Å². The van der Waals surface area contributed by atoms with Gasteiger partial charge in [0.1, 0.15) is 5.82 Å². The van der Waals surface area contributed by atoms with E-state index in [1.165, 1.54) is 36.5 Å². The van der Waals surface area contributed by atoms with Crippen LogP contribution in [-0.4, -0.2) is 17.9 Å². The number of halogens is 1. The molecule has 0 aliphatic carbocycles. The molecule has 0 aliphatic rings. The quantitative estimate of drug-likeness (QED) is 0.746. The van der Waals surface area contributed by atoms with Gasteiger partial charge in [-0.3, -0.25) is 9.59 Å². The molecule has 1 heterocycles. The molecule has 1 aromatic carbocycles. The minimum absolute atomic E-state index is 0.105. The first-order valence-electron chi connectivity index (χ1n) is 7.55. The van der Waals surface area contributed by atoms with Crippen LogP contribution in [-0.2, 0) is 11.3 Å². The van der Waals surface area contributed by atoms with Crippen LogP contribution in [0.3, 0.4) is 0 Å². The Labute approximate surface area is 144 Å². The summed E-state index contributed by atoms with van der Waals surface area (Å²) in [4.78, 5) is 24.7. The van der Waals surface area contributed by atoms with E-state index in [-0.39, 0.29) is 23.7 Å². The predicted octanol–water partition coefficient (Wildman–Crippen LogP) is 3.60. The van der Waals surface area contributed by atoms with Gasteiger partial charge in [-0.1, -0.05) is 0 Å². The third-order valence-electron chi connectivity index (χ3n) is 3.07. The van der Waals surface area contributed by atoms with E-state index in [9.17, 15) is 14.0 Å². The Bertz CT molecular complexity index is 743. The fourth-order valence-electron chi connectivity index (χ4n) is 2.05. The SMILES string of the molecule is CC(=O)NCc1ccc(C(=O)Nc2ccc(F)cc2NC(C)C)s1. The summed E-state index contributed by atoms with van der Waals surface area (Å²) in [6.07, 6.45) is 0. The first-order chi connectivity index (χ1) is 11.3. The number of thiophene rings is 1. The van der Waals surface area contributed by atoms with Gasteiger partial charge < -0.3 is 16.0 Å². The van der Waals surface area contributed by atoms with Gasteiger partial charge in [0.25, 0.3) is 5.91 Å². The van der Waals surface area contributed by atoms with Crippen molar-refractivity contribution in [1.82, 2.24) is 5.32 Å². The third kappa shape index (κ3) is 5.06. The molecule has 24 heavy (non-hydrogen) atoms. The number of carbonyl (C=O) groups is 2. The molecule has 0 atom stereocenters. The molecule has 2 amide bonds. The van der Waals surface area contributed by atoms with Crippen LogP contribution in [0, 0.1) is 5.82 Å². The molecule has 0 saturated carbocycles. The second kappa shape index (κ2) is 7.92. The van der Waals surface area contributed by atoms with Crippen LogP contribution in [0.2, 0.25) is 0 Å². The number of hydrogen-bond acceptors (Lipinski definition) is 4. The highest BCUT2D eigenvalue weighted by Gasteiger charge is 2.13. The molecular formula is C17H20FN3O2S. The minimum atomic E-state index is -0.370. The highest BCUT2D eigenvalue weighted by Crippen LogP contribution is 2.25. The second-order valence-electron chi connectivity index (χ2n) is 5.62. The molecule has 0 saturated heterocycles. The van der Waals surface area contributed by atoms with Crippen LogP contribution >= 0.6 is 11.3 Å². The normalized spacial score (nSPS) is 10.5. The molecule has 0 spiro atoms. The van der Waals surface area contributed by atoms with E-state index in [0.29, 0.717) is 22.8 Å². The molecule has 0 aliphatic heterocycles. The Hall–Kier alpha value is -2.41. The predicted molar refractivity (Wildman–Crippen MR) is 95.0 cm³/mol. The minimum Gasteiger partial charge on any atom is -0.381 e. The summed E-state index contributed by atoms with van der Waals surface area (Å²) in [7, 11) is 0. The second-order valence-corrected chi connectivity index (χ2v) is 6.79. The average Bonchev–Trinajstić information content (AvgIpc) is 2.96. The van der Waals surface area contributed by atoms with Crippen molar-refractivity contribution in [2.75, 3.05) is 10.6 Å². The first kappa shape index (κ1) is 17.9. The summed E-state index contributed by atoms with van der Waals surface area (Å²) in [5.41, 5.74) is 1.06. The zero-order chi connectivity index (χ0) is 17.7. The third-order valence-corrected chi connectivity index (χ3v) is 4.16. The fourth-order valence-corrected chi connectivity index (χ4v) is 2.89. The molecule has 5 nitrogen and oxygen atoms in total. The Morgan fingerprint density at radius 1 is 1.17 bits per heavy atom. The molecular weight excluding hydrogens is 329 g/mol. The maximum atomic E-state index is 13.4. The van der Waals surface area contributed by atoms with Crippen molar-refractivity contribution in [3.05, 3.63) is 45.9 Å². The van der Waals surface area contributed by atoms with Crippen molar-refractivity contribution in [2.45, 2.75) is 33.4 Å². The Morgan fingerprint density at radius 2 is 1.92 bits per heavy atom. The van der Waals surface area contributed by atoms with Gasteiger partial charge in [0.2, 0.25) is 5.91 Å². The lowest BCUT2D eigenvalue weighted by atomic mass is 10.2. The highest BCUT2D eigenvalue weighted by molar-refractivity contribution is 7.14. The molecule has 0 bridgehead atoms. The first-order valence-corrected chi connectivity index (χ1v) is 8.37. The van der Waals surface area contributed by atoms with Crippen LogP contribution < -0.4 is 16.0 Å². The average molecular weight is 349 g/mol. The summed E-state index contributed by atoms with van der Waals surface area (Å²) in [5, 5.41) is 8.59. The van der Waals surface area contributed by atoms with Crippen LogP contribution in [0.4, 0.5) is 15.8 Å². The largest absolute Gasteiger partial charge is 0.381 e. The summed E-state index contributed by atoms with van der Waals surface area (Å²) in [6, 6.07) is 7.80.